The molecule has 1 fully saturated rings. The summed E-state index contributed by atoms with van der Waals surface area (Å²) in [7, 11) is 1.35. The maximum absolute atomic E-state index is 11.7. The molecule has 1 aromatic carbocycles. The molecule has 0 amide bonds. The zero-order chi connectivity index (χ0) is 19.1. The van der Waals surface area contributed by atoms with E-state index in [1.807, 2.05) is 26.0 Å². The van der Waals surface area contributed by atoms with E-state index in [-0.39, 0.29) is 35.0 Å². The van der Waals surface area contributed by atoms with Crippen LogP contribution >= 0.6 is 0 Å². The van der Waals surface area contributed by atoms with Gasteiger partial charge >= 0.3 is 5.97 Å². The van der Waals surface area contributed by atoms with E-state index in [0.717, 1.165) is 18.4 Å². The third-order valence-corrected chi connectivity index (χ3v) is 5.08. The lowest BCUT2D eigenvalue weighted by molar-refractivity contribution is -0.384. The fourth-order valence-corrected chi connectivity index (χ4v) is 3.59. The van der Waals surface area contributed by atoms with E-state index >= 15 is 0 Å². The van der Waals surface area contributed by atoms with Crippen molar-refractivity contribution in [2.75, 3.05) is 31.8 Å². The van der Waals surface area contributed by atoms with Crippen LogP contribution in [0.5, 0.6) is 0 Å². The van der Waals surface area contributed by atoms with Crippen LogP contribution in [0.2, 0.25) is 0 Å². The van der Waals surface area contributed by atoms with Crippen molar-refractivity contribution in [1.29, 1.82) is 0 Å². The summed E-state index contributed by atoms with van der Waals surface area (Å²) in [6.07, 6.45) is 2.67. The number of benzene rings is 1. The summed E-state index contributed by atoms with van der Waals surface area (Å²) in [5.74, 6) is -0.394. The highest BCUT2D eigenvalue weighted by Crippen LogP contribution is 2.36. The molecule has 1 aliphatic rings. The quantitative estimate of drug-likeness (QED) is 0.398. The fourth-order valence-electron chi connectivity index (χ4n) is 3.59. The molecule has 1 heterocycles. The zero-order valence-electron chi connectivity index (χ0n) is 15.8. The Balaban J connectivity index is 2.35. The maximum Gasteiger partial charge on any atom is 0.306 e. The fraction of sp³-hybridized carbons (Fsp3) is 0.632. The Morgan fingerprint density at radius 2 is 2.08 bits per heavy atom. The van der Waals surface area contributed by atoms with Crippen LogP contribution in [0.3, 0.4) is 0 Å². The van der Waals surface area contributed by atoms with Crippen molar-refractivity contribution in [2.45, 2.75) is 51.5 Å². The average molecular weight is 364 g/mol. The third-order valence-electron chi connectivity index (χ3n) is 5.08. The second-order valence-electron chi connectivity index (χ2n) is 6.52. The molecule has 1 atom stereocenters. The van der Waals surface area contributed by atoms with E-state index in [2.05, 4.69) is 4.90 Å². The number of nitrogens with zero attached hydrogens (tertiary/aromatic N) is 2. The molecular formula is C19H28N2O5. The number of methoxy groups -OCH3 is 1. The van der Waals surface area contributed by atoms with E-state index in [9.17, 15) is 14.9 Å². The van der Waals surface area contributed by atoms with Crippen molar-refractivity contribution in [3.63, 3.8) is 0 Å². The van der Waals surface area contributed by atoms with Crippen LogP contribution in [0.15, 0.2) is 18.2 Å². The van der Waals surface area contributed by atoms with Gasteiger partial charge in [0.1, 0.15) is 5.69 Å². The molecule has 2 rings (SSSR count). The molecule has 0 saturated carbocycles. The molecule has 0 unspecified atom stereocenters. The van der Waals surface area contributed by atoms with Gasteiger partial charge in [-0.25, -0.2) is 0 Å². The molecule has 0 bridgehead atoms. The van der Waals surface area contributed by atoms with Gasteiger partial charge in [-0.05, 0) is 43.7 Å². The van der Waals surface area contributed by atoms with Crippen LogP contribution < -0.4 is 4.90 Å². The first-order valence-electron chi connectivity index (χ1n) is 9.21. The summed E-state index contributed by atoms with van der Waals surface area (Å²) in [5.41, 5.74) is 1.54. The first-order chi connectivity index (χ1) is 12.5. The molecule has 144 valence electrons. The van der Waals surface area contributed by atoms with Crippen molar-refractivity contribution in [2.24, 2.45) is 0 Å². The Morgan fingerprint density at radius 3 is 2.62 bits per heavy atom. The molecule has 26 heavy (non-hydrogen) atoms. The van der Waals surface area contributed by atoms with Crippen molar-refractivity contribution in [1.82, 2.24) is 0 Å². The molecule has 7 nitrogen and oxygen atoms in total. The molecule has 0 radical (unpaired) electrons. The molecular weight excluding hydrogens is 336 g/mol. The summed E-state index contributed by atoms with van der Waals surface area (Å²) < 4.78 is 10.2. The number of hydrogen-bond acceptors (Lipinski definition) is 6. The summed E-state index contributed by atoms with van der Waals surface area (Å²) in [4.78, 5) is 25.1. The highest BCUT2D eigenvalue weighted by molar-refractivity contribution is 5.71. The highest BCUT2D eigenvalue weighted by atomic mass is 16.6. The maximum atomic E-state index is 11.7. The van der Waals surface area contributed by atoms with Crippen molar-refractivity contribution in [3.8, 4) is 0 Å². The Kier molecular flexibility index (Phi) is 7.38. The summed E-state index contributed by atoms with van der Waals surface area (Å²) in [6, 6.07) is 5.60. The van der Waals surface area contributed by atoms with Crippen LogP contribution in [-0.4, -0.2) is 43.8 Å². The van der Waals surface area contributed by atoms with Gasteiger partial charge in [-0.1, -0.05) is 13.0 Å². The predicted molar refractivity (Wildman–Crippen MR) is 99.6 cm³/mol. The van der Waals surface area contributed by atoms with Crippen molar-refractivity contribution < 1.29 is 19.2 Å². The van der Waals surface area contributed by atoms with Gasteiger partial charge in [-0.15, -0.1) is 0 Å². The standard InChI is InChI=1S/C19H28N2O5/c1-4-14(13-19(22)25-3)15-6-7-17(18(12-15)21(23)24)20(5-2)16-8-10-26-11-9-16/h6-7,12,14,16H,4-5,8-11,13H2,1-3H3/t14-/m0/s1. The smallest absolute Gasteiger partial charge is 0.306 e. The van der Waals surface area contributed by atoms with Gasteiger partial charge in [-0.2, -0.15) is 0 Å². The Hall–Kier alpha value is -2.15. The second kappa shape index (κ2) is 9.52. The molecule has 1 aromatic rings. The van der Waals surface area contributed by atoms with Crippen LogP contribution in [0.4, 0.5) is 11.4 Å². The first kappa shape index (κ1) is 20.2. The minimum atomic E-state index is -0.328. The molecule has 0 aliphatic carbocycles. The number of rotatable bonds is 8. The van der Waals surface area contributed by atoms with E-state index < -0.39 is 0 Å². The second-order valence-corrected chi connectivity index (χ2v) is 6.52. The number of hydrogen-bond donors (Lipinski definition) is 0. The molecule has 1 aliphatic heterocycles. The Morgan fingerprint density at radius 1 is 1.38 bits per heavy atom. The average Bonchev–Trinajstić information content (AvgIpc) is 2.67. The number of esters is 1. The first-order valence-corrected chi connectivity index (χ1v) is 9.21. The van der Waals surface area contributed by atoms with Crippen LogP contribution in [0, 0.1) is 10.1 Å². The van der Waals surface area contributed by atoms with Crippen LogP contribution in [0.1, 0.15) is 51.0 Å². The molecule has 0 spiro atoms. The topological polar surface area (TPSA) is 81.9 Å². The predicted octanol–water partition coefficient (Wildman–Crippen LogP) is 3.66. The van der Waals surface area contributed by atoms with E-state index in [1.165, 1.54) is 7.11 Å². The molecule has 0 aromatic heterocycles. The minimum absolute atomic E-state index is 0.0895. The van der Waals surface area contributed by atoms with Gasteiger partial charge in [0.2, 0.25) is 0 Å². The number of nitro groups is 1. The van der Waals surface area contributed by atoms with Gasteiger partial charge in [0.25, 0.3) is 5.69 Å². The number of nitro benzene ring substituents is 1. The lowest BCUT2D eigenvalue weighted by Crippen LogP contribution is -2.39. The normalized spacial score (nSPS) is 16.1. The number of carbonyl (C=O) groups is 1. The van der Waals surface area contributed by atoms with Crippen LogP contribution in [-0.2, 0) is 14.3 Å². The van der Waals surface area contributed by atoms with Gasteiger partial charge in [0.05, 0.1) is 18.5 Å². The van der Waals surface area contributed by atoms with Crippen molar-refractivity contribution >= 4 is 17.3 Å². The molecule has 7 heteroatoms. The number of ether oxygens (including phenoxy) is 2. The summed E-state index contributed by atoms with van der Waals surface area (Å²) >= 11 is 0. The summed E-state index contributed by atoms with van der Waals surface area (Å²) in [5, 5.41) is 11.7. The molecule has 1 saturated heterocycles. The van der Waals surface area contributed by atoms with E-state index in [1.54, 1.807) is 6.07 Å². The van der Waals surface area contributed by atoms with E-state index in [4.69, 9.17) is 9.47 Å². The third kappa shape index (κ3) is 4.72. The van der Waals surface area contributed by atoms with Crippen molar-refractivity contribution in [3.05, 3.63) is 33.9 Å². The van der Waals surface area contributed by atoms with Gasteiger partial charge in [0, 0.05) is 31.9 Å². The lowest BCUT2D eigenvalue weighted by atomic mass is 9.92. The Bertz CT molecular complexity index is 628. The monoisotopic (exact) mass is 364 g/mol. The SMILES string of the molecule is CC[C@@H](CC(=O)OC)c1ccc(N(CC)C2CCOCC2)c([N+](=O)[O-])c1. The lowest BCUT2D eigenvalue weighted by Gasteiger charge is -2.35. The van der Waals surface area contributed by atoms with Crippen LogP contribution in [0.25, 0.3) is 0 Å². The van der Waals surface area contributed by atoms with Gasteiger partial charge < -0.3 is 14.4 Å². The van der Waals surface area contributed by atoms with Gasteiger partial charge in [0.15, 0.2) is 0 Å². The Labute approximate surface area is 154 Å². The summed E-state index contributed by atoms with van der Waals surface area (Å²) in [6.45, 7) is 6.05. The highest BCUT2D eigenvalue weighted by Gasteiger charge is 2.27. The number of carbonyl (C=O) groups excluding carboxylic acids is 1. The zero-order valence-corrected chi connectivity index (χ0v) is 15.8. The van der Waals surface area contributed by atoms with Gasteiger partial charge in [-0.3, -0.25) is 14.9 Å². The molecule has 0 N–H and O–H groups in total. The largest absolute Gasteiger partial charge is 0.469 e. The van der Waals surface area contributed by atoms with E-state index in [0.29, 0.717) is 31.9 Å². The number of anilines is 1. The minimum Gasteiger partial charge on any atom is -0.469 e.